The molecule has 0 saturated carbocycles. The molecule has 3 heterocycles. The first-order valence-electron chi connectivity index (χ1n) is 10.8. The molecule has 3 aromatic heterocycles. The van der Waals surface area contributed by atoms with Crippen LogP contribution in [-0.4, -0.2) is 19.5 Å². The average Bonchev–Trinajstić information content (AvgIpc) is 2.84. The molecule has 33 heavy (non-hydrogen) atoms. The number of pyridine rings is 2. The third kappa shape index (κ3) is 3.87. The van der Waals surface area contributed by atoms with Crippen molar-refractivity contribution >= 4 is 11.2 Å². The Morgan fingerprint density at radius 2 is 1.39 bits per heavy atom. The maximum absolute atomic E-state index is 13.1. The first-order valence-corrected chi connectivity index (χ1v) is 10.8. The van der Waals surface area contributed by atoms with E-state index in [4.69, 9.17) is 9.97 Å². The third-order valence-corrected chi connectivity index (χ3v) is 5.56. The van der Waals surface area contributed by atoms with Gasteiger partial charge in [0.2, 0.25) is 5.43 Å². The SMILES string of the molecule is CC(C)n1cc(-c2nc3c(=O)cc(-c4ccccc4)[nH]c3nc2-c2ccccc2)ccc1=O. The molecule has 2 aromatic carbocycles. The zero-order chi connectivity index (χ0) is 22.9. The second kappa shape index (κ2) is 8.31. The molecule has 0 aliphatic rings. The summed E-state index contributed by atoms with van der Waals surface area (Å²) in [6, 6.07) is 24.2. The second-order valence-electron chi connectivity index (χ2n) is 8.15. The first kappa shape index (κ1) is 20.6. The van der Waals surface area contributed by atoms with Crippen molar-refractivity contribution in [1.29, 1.82) is 0 Å². The third-order valence-electron chi connectivity index (χ3n) is 5.56. The number of aromatic amines is 1. The normalized spacial score (nSPS) is 11.2. The van der Waals surface area contributed by atoms with Crippen LogP contribution in [0.4, 0.5) is 0 Å². The van der Waals surface area contributed by atoms with Gasteiger partial charge in [0.1, 0.15) is 0 Å². The lowest BCUT2D eigenvalue weighted by atomic mass is 10.0. The van der Waals surface area contributed by atoms with Crippen molar-refractivity contribution < 1.29 is 0 Å². The van der Waals surface area contributed by atoms with Gasteiger partial charge in [0.05, 0.1) is 17.1 Å². The van der Waals surface area contributed by atoms with Gasteiger partial charge in [-0.2, -0.15) is 0 Å². The molecule has 0 aliphatic heterocycles. The summed E-state index contributed by atoms with van der Waals surface area (Å²) < 4.78 is 1.65. The standard InChI is InChI=1S/C27H22N4O2/c1-17(2)31-16-20(13-14-23(31)33)25-24(19-11-7-4-8-12-19)30-27-26(29-25)22(32)15-21(28-27)18-9-5-3-6-10-18/h3-17H,1-2H3,(H,28,30,32). The van der Waals surface area contributed by atoms with Gasteiger partial charge in [0.25, 0.3) is 5.56 Å². The number of H-pyrrole nitrogens is 1. The highest BCUT2D eigenvalue weighted by Crippen LogP contribution is 2.30. The van der Waals surface area contributed by atoms with Crippen LogP contribution < -0.4 is 11.0 Å². The van der Waals surface area contributed by atoms with E-state index in [9.17, 15) is 9.59 Å². The monoisotopic (exact) mass is 434 g/mol. The minimum absolute atomic E-state index is 0.0112. The number of hydrogen-bond acceptors (Lipinski definition) is 4. The highest BCUT2D eigenvalue weighted by Gasteiger charge is 2.17. The van der Waals surface area contributed by atoms with Crippen LogP contribution in [0.15, 0.2) is 94.6 Å². The van der Waals surface area contributed by atoms with Crippen LogP contribution in [0.5, 0.6) is 0 Å². The number of nitrogens with one attached hydrogen (secondary N) is 1. The van der Waals surface area contributed by atoms with E-state index in [1.54, 1.807) is 22.9 Å². The lowest BCUT2D eigenvalue weighted by Crippen LogP contribution is -2.20. The van der Waals surface area contributed by atoms with Gasteiger partial charge in [-0.05, 0) is 25.5 Å². The molecule has 0 unspecified atom stereocenters. The van der Waals surface area contributed by atoms with Crippen molar-refractivity contribution in [1.82, 2.24) is 19.5 Å². The van der Waals surface area contributed by atoms with E-state index in [-0.39, 0.29) is 22.5 Å². The molecule has 1 N–H and O–H groups in total. The summed E-state index contributed by atoms with van der Waals surface area (Å²) in [5.74, 6) is 0. The minimum Gasteiger partial charge on any atom is -0.338 e. The van der Waals surface area contributed by atoms with Crippen molar-refractivity contribution in [3.63, 3.8) is 0 Å². The number of nitrogens with zero attached hydrogens (tertiary/aromatic N) is 3. The van der Waals surface area contributed by atoms with Crippen LogP contribution in [0.1, 0.15) is 19.9 Å². The van der Waals surface area contributed by atoms with Crippen molar-refractivity contribution in [3.05, 3.63) is 106 Å². The van der Waals surface area contributed by atoms with E-state index < -0.39 is 0 Å². The molecule has 5 rings (SSSR count). The predicted molar refractivity (Wildman–Crippen MR) is 131 cm³/mol. The maximum atomic E-state index is 13.1. The number of hydrogen-bond donors (Lipinski definition) is 1. The summed E-state index contributed by atoms with van der Waals surface area (Å²) >= 11 is 0. The Morgan fingerprint density at radius 3 is 2.06 bits per heavy atom. The zero-order valence-electron chi connectivity index (χ0n) is 18.3. The van der Waals surface area contributed by atoms with Crippen LogP contribution in [0, 0.1) is 0 Å². The molecular formula is C27H22N4O2. The molecule has 6 heteroatoms. The zero-order valence-corrected chi connectivity index (χ0v) is 18.3. The lowest BCUT2D eigenvalue weighted by Gasteiger charge is -2.14. The molecule has 0 spiro atoms. The molecular weight excluding hydrogens is 412 g/mol. The molecule has 0 aliphatic carbocycles. The largest absolute Gasteiger partial charge is 0.338 e. The number of aromatic nitrogens is 4. The molecule has 0 amide bonds. The summed E-state index contributed by atoms with van der Waals surface area (Å²) in [7, 11) is 0. The number of rotatable bonds is 4. The van der Waals surface area contributed by atoms with Gasteiger partial charge in [-0.15, -0.1) is 0 Å². The smallest absolute Gasteiger partial charge is 0.250 e. The van der Waals surface area contributed by atoms with Gasteiger partial charge in [-0.25, -0.2) is 9.97 Å². The molecule has 6 nitrogen and oxygen atoms in total. The molecule has 5 aromatic rings. The molecule has 0 fully saturated rings. The van der Waals surface area contributed by atoms with Crippen LogP contribution in [0.3, 0.4) is 0 Å². The molecule has 0 bridgehead atoms. The summed E-state index contributed by atoms with van der Waals surface area (Å²) in [5, 5.41) is 0. The van der Waals surface area contributed by atoms with E-state index in [0.717, 1.165) is 16.7 Å². The fourth-order valence-corrected chi connectivity index (χ4v) is 3.88. The Hall–Kier alpha value is -4.32. The Labute approximate surface area is 190 Å². The fraction of sp³-hybridized carbons (Fsp3) is 0.111. The first-order chi connectivity index (χ1) is 16.0. The van der Waals surface area contributed by atoms with E-state index in [1.165, 1.54) is 6.07 Å². The van der Waals surface area contributed by atoms with Gasteiger partial charge < -0.3 is 9.55 Å². The van der Waals surface area contributed by atoms with Crippen LogP contribution in [0.25, 0.3) is 44.9 Å². The quantitative estimate of drug-likeness (QED) is 0.429. The van der Waals surface area contributed by atoms with Crippen molar-refractivity contribution in [2.75, 3.05) is 0 Å². The van der Waals surface area contributed by atoms with Gasteiger partial charge in [-0.1, -0.05) is 60.7 Å². The molecule has 0 radical (unpaired) electrons. The number of benzene rings is 2. The van der Waals surface area contributed by atoms with Crippen molar-refractivity contribution in [2.24, 2.45) is 0 Å². The van der Waals surface area contributed by atoms with Crippen molar-refractivity contribution in [2.45, 2.75) is 19.9 Å². The van der Waals surface area contributed by atoms with Crippen LogP contribution in [0.2, 0.25) is 0 Å². The fourth-order valence-electron chi connectivity index (χ4n) is 3.88. The Bertz CT molecular complexity index is 1570. The van der Waals surface area contributed by atoms with E-state index >= 15 is 0 Å². The Kier molecular flexibility index (Phi) is 5.18. The molecule has 162 valence electrons. The highest BCUT2D eigenvalue weighted by molar-refractivity contribution is 5.85. The van der Waals surface area contributed by atoms with Gasteiger partial charge in [0, 0.05) is 35.5 Å². The lowest BCUT2D eigenvalue weighted by molar-refractivity contribution is 0.579. The minimum atomic E-state index is -0.215. The number of fused-ring (bicyclic) bond motifs is 1. The summed E-state index contributed by atoms with van der Waals surface area (Å²) in [6.45, 7) is 3.90. The van der Waals surface area contributed by atoms with Gasteiger partial charge >= 0.3 is 0 Å². The van der Waals surface area contributed by atoms with E-state index in [1.807, 2.05) is 74.5 Å². The van der Waals surface area contributed by atoms with Crippen LogP contribution in [-0.2, 0) is 0 Å². The maximum Gasteiger partial charge on any atom is 0.250 e. The van der Waals surface area contributed by atoms with Crippen molar-refractivity contribution in [3.8, 4) is 33.8 Å². The topological polar surface area (TPSA) is 80.6 Å². The van der Waals surface area contributed by atoms with E-state index in [2.05, 4.69) is 4.98 Å². The second-order valence-corrected chi connectivity index (χ2v) is 8.15. The average molecular weight is 434 g/mol. The van der Waals surface area contributed by atoms with Gasteiger partial charge in [-0.3, -0.25) is 9.59 Å². The van der Waals surface area contributed by atoms with Crippen LogP contribution >= 0.6 is 0 Å². The Morgan fingerprint density at radius 1 is 0.758 bits per heavy atom. The molecule has 0 saturated heterocycles. The van der Waals surface area contributed by atoms with E-state index in [0.29, 0.717) is 22.7 Å². The summed E-state index contributed by atoms with van der Waals surface area (Å²) in [6.07, 6.45) is 1.78. The molecule has 0 atom stereocenters. The predicted octanol–water partition coefficient (Wildman–Crippen LogP) is 5.06. The summed E-state index contributed by atoms with van der Waals surface area (Å²) in [5.41, 5.74) is 4.74. The Balaban J connectivity index is 1.80. The summed E-state index contributed by atoms with van der Waals surface area (Å²) in [4.78, 5) is 38.3. The van der Waals surface area contributed by atoms with Gasteiger partial charge in [0.15, 0.2) is 11.2 Å². The highest BCUT2D eigenvalue weighted by atomic mass is 16.1.